The molecule has 0 unspecified atom stereocenters. The number of hydrogen-bond donors (Lipinski definition) is 1. The molecule has 0 aromatic carbocycles. The van der Waals surface area contributed by atoms with E-state index in [1.807, 2.05) is 6.92 Å². The Morgan fingerprint density at radius 1 is 1.33 bits per heavy atom. The molecule has 1 aliphatic rings. The van der Waals surface area contributed by atoms with E-state index in [0.717, 1.165) is 0 Å². The van der Waals surface area contributed by atoms with E-state index >= 15 is 0 Å². The molecule has 3 rings (SSSR count). The van der Waals surface area contributed by atoms with E-state index in [1.54, 1.807) is 29.6 Å². The maximum Gasteiger partial charge on any atom is 0.255 e. The second-order valence-corrected chi connectivity index (χ2v) is 5.53. The van der Waals surface area contributed by atoms with Crippen molar-refractivity contribution in [3.8, 4) is 5.82 Å². The average molecular weight is 287 g/mol. The molecule has 0 saturated carbocycles. The molecular formula is C14H17N5O2. The summed E-state index contributed by atoms with van der Waals surface area (Å²) in [5.74, 6) is 0.564. The fourth-order valence-electron chi connectivity index (χ4n) is 2.35. The van der Waals surface area contributed by atoms with Crippen LogP contribution in [0.1, 0.15) is 30.1 Å². The fraction of sp³-hybridized carbons (Fsp3) is 0.429. The van der Waals surface area contributed by atoms with Gasteiger partial charge in [0.25, 0.3) is 5.91 Å². The van der Waals surface area contributed by atoms with Crippen molar-refractivity contribution in [2.75, 3.05) is 13.1 Å². The highest BCUT2D eigenvalue weighted by Crippen LogP contribution is 2.22. The first-order valence-electron chi connectivity index (χ1n) is 6.88. The van der Waals surface area contributed by atoms with Crippen LogP contribution in [0.2, 0.25) is 0 Å². The van der Waals surface area contributed by atoms with Gasteiger partial charge in [0.2, 0.25) is 0 Å². The zero-order valence-electron chi connectivity index (χ0n) is 11.8. The smallest absolute Gasteiger partial charge is 0.255 e. The Labute approximate surface area is 122 Å². The molecule has 2 aromatic heterocycles. The predicted molar refractivity (Wildman–Crippen MR) is 74.9 cm³/mol. The molecule has 0 radical (unpaired) electrons. The number of carbonyl (C=O) groups excluding carboxylic acids is 1. The lowest BCUT2D eigenvalue weighted by Gasteiger charge is -2.35. The second kappa shape index (κ2) is 5.25. The lowest BCUT2D eigenvalue weighted by molar-refractivity contribution is -0.00203. The van der Waals surface area contributed by atoms with Crippen LogP contribution in [-0.4, -0.2) is 54.4 Å². The van der Waals surface area contributed by atoms with Crippen molar-refractivity contribution in [3.63, 3.8) is 0 Å². The summed E-state index contributed by atoms with van der Waals surface area (Å²) < 4.78 is 1.53. The predicted octanol–water partition coefficient (Wildman–Crippen LogP) is 0.649. The standard InChI is InChI=1S/C14H17N5O2/c1-14(21)4-6-18(7-5-14)13(20)11-2-3-12(16-8-11)19-10-15-9-17-19/h2-3,8-10,21H,4-7H2,1H3. The third-order valence-corrected chi connectivity index (χ3v) is 3.78. The van der Waals surface area contributed by atoms with Crippen LogP contribution in [0.4, 0.5) is 0 Å². The Hall–Kier alpha value is -2.28. The van der Waals surface area contributed by atoms with E-state index in [9.17, 15) is 9.90 Å². The molecular weight excluding hydrogens is 270 g/mol. The van der Waals surface area contributed by atoms with Crippen LogP contribution in [0.15, 0.2) is 31.0 Å². The number of piperidine rings is 1. The van der Waals surface area contributed by atoms with Crippen molar-refractivity contribution in [1.82, 2.24) is 24.6 Å². The fourth-order valence-corrected chi connectivity index (χ4v) is 2.35. The molecule has 1 aliphatic heterocycles. The largest absolute Gasteiger partial charge is 0.390 e. The van der Waals surface area contributed by atoms with Gasteiger partial charge in [-0.15, -0.1) is 0 Å². The molecule has 21 heavy (non-hydrogen) atoms. The number of carbonyl (C=O) groups is 1. The first-order chi connectivity index (χ1) is 10.1. The summed E-state index contributed by atoms with van der Waals surface area (Å²) in [7, 11) is 0. The molecule has 1 amide bonds. The normalized spacial score (nSPS) is 17.7. The summed E-state index contributed by atoms with van der Waals surface area (Å²) in [4.78, 5) is 22.2. The van der Waals surface area contributed by atoms with Crippen LogP contribution in [0.25, 0.3) is 5.82 Å². The van der Waals surface area contributed by atoms with Crippen LogP contribution in [0, 0.1) is 0 Å². The number of nitrogens with zero attached hydrogens (tertiary/aromatic N) is 5. The molecule has 3 heterocycles. The van der Waals surface area contributed by atoms with Gasteiger partial charge in [-0.25, -0.2) is 14.6 Å². The summed E-state index contributed by atoms with van der Waals surface area (Å²) in [6.45, 7) is 2.94. The van der Waals surface area contributed by atoms with E-state index in [2.05, 4.69) is 15.1 Å². The molecule has 1 fully saturated rings. The van der Waals surface area contributed by atoms with Crippen LogP contribution in [0.5, 0.6) is 0 Å². The molecule has 7 nitrogen and oxygen atoms in total. The van der Waals surface area contributed by atoms with E-state index in [1.165, 1.54) is 11.0 Å². The van der Waals surface area contributed by atoms with Gasteiger partial charge in [0.1, 0.15) is 12.7 Å². The van der Waals surface area contributed by atoms with Gasteiger partial charge in [-0.1, -0.05) is 0 Å². The van der Waals surface area contributed by atoms with Crippen molar-refractivity contribution in [1.29, 1.82) is 0 Å². The van der Waals surface area contributed by atoms with Crippen molar-refractivity contribution in [2.45, 2.75) is 25.4 Å². The maximum absolute atomic E-state index is 12.4. The van der Waals surface area contributed by atoms with Crippen molar-refractivity contribution in [3.05, 3.63) is 36.5 Å². The Morgan fingerprint density at radius 3 is 2.67 bits per heavy atom. The number of aliphatic hydroxyl groups is 1. The van der Waals surface area contributed by atoms with E-state index in [4.69, 9.17) is 0 Å². The zero-order chi connectivity index (χ0) is 14.9. The molecule has 1 N–H and O–H groups in total. The van der Waals surface area contributed by atoms with Crippen molar-refractivity contribution >= 4 is 5.91 Å². The number of hydrogen-bond acceptors (Lipinski definition) is 5. The molecule has 7 heteroatoms. The molecule has 110 valence electrons. The molecule has 0 bridgehead atoms. The number of pyridine rings is 1. The molecule has 0 atom stereocenters. The maximum atomic E-state index is 12.4. The zero-order valence-corrected chi connectivity index (χ0v) is 11.8. The van der Waals surface area contributed by atoms with Crippen LogP contribution >= 0.6 is 0 Å². The minimum atomic E-state index is -0.661. The SMILES string of the molecule is CC1(O)CCN(C(=O)c2ccc(-n3cncn3)nc2)CC1. The highest BCUT2D eigenvalue weighted by molar-refractivity contribution is 5.94. The average Bonchev–Trinajstić information content (AvgIpc) is 3.01. The minimum absolute atomic E-state index is 0.0526. The Balaban J connectivity index is 1.71. The summed E-state index contributed by atoms with van der Waals surface area (Å²) in [5.41, 5.74) is -0.119. The van der Waals surface area contributed by atoms with Crippen LogP contribution in [-0.2, 0) is 0 Å². The van der Waals surface area contributed by atoms with E-state index < -0.39 is 5.60 Å². The summed E-state index contributed by atoms with van der Waals surface area (Å²) >= 11 is 0. The Bertz CT molecular complexity index is 611. The lowest BCUT2D eigenvalue weighted by Crippen LogP contribution is -2.45. The van der Waals surface area contributed by atoms with Gasteiger partial charge in [-0.05, 0) is 31.9 Å². The van der Waals surface area contributed by atoms with E-state index in [-0.39, 0.29) is 5.91 Å². The number of rotatable bonds is 2. The highest BCUT2D eigenvalue weighted by atomic mass is 16.3. The van der Waals surface area contributed by atoms with Crippen LogP contribution in [0.3, 0.4) is 0 Å². The van der Waals surface area contributed by atoms with Gasteiger partial charge < -0.3 is 10.0 Å². The number of amides is 1. The Kier molecular flexibility index (Phi) is 3.42. The van der Waals surface area contributed by atoms with Gasteiger partial charge in [0.15, 0.2) is 5.82 Å². The minimum Gasteiger partial charge on any atom is -0.390 e. The summed E-state index contributed by atoms with van der Waals surface area (Å²) in [6.07, 6.45) is 5.73. The molecule has 2 aromatic rings. The number of likely N-dealkylation sites (tertiary alicyclic amines) is 1. The van der Waals surface area contributed by atoms with Crippen molar-refractivity contribution in [2.24, 2.45) is 0 Å². The monoisotopic (exact) mass is 287 g/mol. The summed E-state index contributed by atoms with van der Waals surface area (Å²) in [6, 6.07) is 3.47. The van der Waals surface area contributed by atoms with Gasteiger partial charge in [-0.3, -0.25) is 4.79 Å². The molecule has 1 saturated heterocycles. The van der Waals surface area contributed by atoms with E-state index in [0.29, 0.717) is 37.3 Å². The van der Waals surface area contributed by atoms with Gasteiger partial charge >= 0.3 is 0 Å². The number of aromatic nitrogens is 4. The van der Waals surface area contributed by atoms with Gasteiger partial charge in [-0.2, -0.15) is 5.10 Å². The van der Waals surface area contributed by atoms with Gasteiger partial charge in [0, 0.05) is 19.3 Å². The van der Waals surface area contributed by atoms with Crippen LogP contribution < -0.4 is 0 Å². The lowest BCUT2D eigenvalue weighted by atomic mass is 9.93. The third kappa shape index (κ3) is 2.92. The third-order valence-electron chi connectivity index (χ3n) is 3.78. The Morgan fingerprint density at radius 2 is 2.10 bits per heavy atom. The molecule has 0 spiro atoms. The molecule has 0 aliphatic carbocycles. The quantitative estimate of drug-likeness (QED) is 0.876. The topological polar surface area (TPSA) is 84.1 Å². The second-order valence-electron chi connectivity index (χ2n) is 5.53. The highest BCUT2D eigenvalue weighted by Gasteiger charge is 2.30. The van der Waals surface area contributed by atoms with Gasteiger partial charge in [0.05, 0.1) is 11.2 Å². The summed E-state index contributed by atoms with van der Waals surface area (Å²) in [5, 5.41) is 13.9. The van der Waals surface area contributed by atoms with Crippen molar-refractivity contribution < 1.29 is 9.90 Å². The first-order valence-corrected chi connectivity index (χ1v) is 6.88. The first kappa shape index (κ1) is 13.7.